The first-order chi connectivity index (χ1) is 20.9. The van der Waals surface area contributed by atoms with Gasteiger partial charge in [-0.25, -0.2) is 4.79 Å². The number of nitrogens with one attached hydrogen (secondary N) is 2. The largest absolute Gasteiger partial charge is 0.465 e. The number of amides is 2. The summed E-state index contributed by atoms with van der Waals surface area (Å²) in [6.07, 6.45) is 0. The molecule has 0 aromatic heterocycles. The second kappa shape index (κ2) is 13.9. The Kier molecular flexibility index (Phi) is 9.56. The number of hydrogen-bond donors (Lipinski definition) is 2. The van der Waals surface area contributed by atoms with Crippen molar-refractivity contribution in [2.24, 2.45) is 0 Å². The third-order valence-electron chi connectivity index (χ3n) is 7.40. The quantitative estimate of drug-likeness (QED) is 0.227. The van der Waals surface area contributed by atoms with Crippen molar-refractivity contribution in [3.05, 3.63) is 137 Å². The van der Waals surface area contributed by atoms with Crippen molar-refractivity contribution in [3.63, 3.8) is 0 Å². The van der Waals surface area contributed by atoms with Gasteiger partial charge in [0.25, 0.3) is 11.8 Å². The van der Waals surface area contributed by atoms with Gasteiger partial charge in [0, 0.05) is 31.7 Å². The van der Waals surface area contributed by atoms with E-state index in [4.69, 9.17) is 17.0 Å². The van der Waals surface area contributed by atoms with Crippen molar-refractivity contribution in [1.82, 2.24) is 15.1 Å². The van der Waals surface area contributed by atoms with Gasteiger partial charge in [-0.1, -0.05) is 72.8 Å². The summed E-state index contributed by atoms with van der Waals surface area (Å²) in [7, 11) is 1.29. The minimum atomic E-state index is -0.487. The predicted molar refractivity (Wildman–Crippen MR) is 170 cm³/mol. The van der Waals surface area contributed by atoms with Crippen LogP contribution in [0.2, 0.25) is 0 Å². The number of carbonyl (C=O) groups is 3. The van der Waals surface area contributed by atoms with E-state index in [1.807, 2.05) is 17.0 Å². The van der Waals surface area contributed by atoms with E-state index in [0.29, 0.717) is 35.5 Å². The van der Waals surface area contributed by atoms with Crippen molar-refractivity contribution in [1.29, 1.82) is 0 Å². The van der Waals surface area contributed by atoms with Gasteiger partial charge in [-0.3, -0.25) is 19.8 Å². The van der Waals surface area contributed by atoms with Gasteiger partial charge in [-0.15, -0.1) is 0 Å². The number of anilines is 1. The third-order valence-corrected chi connectivity index (χ3v) is 7.60. The Balaban J connectivity index is 1.23. The zero-order chi connectivity index (χ0) is 30.2. The zero-order valence-electron chi connectivity index (χ0n) is 23.7. The molecule has 0 unspecified atom stereocenters. The van der Waals surface area contributed by atoms with Gasteiger partial charge < -0.3 is 15.0 Å². The molecule has 8 nitrogen and oxygen atoms in total. The average molecular weight is 593 g/mol. The second-order valence-corrected chi connectivity index (χ2v) is 10.5. The maximum absolute atomic E-state index is 13.7. The average Bonchev–Trinajstić information content (AvgIpc) is 3.06. The number of hydrogen-bond acceptors (Lipinski definition) is 6. The zero-order valence-corrected chi connectivity index (χ0v) is 24.6. The number of benzene rings is 4. The third kappa shape index (κ3) is 7.14. The second-order valence-electron chi connectivity index (χ2n) is 10.1. The molecule has 0 spiro atoms. The van der Waals surface area contributed by atoms with E-state index in [1.165, 1.54) is 42.5 Å². The molecule has 4 aromatic rings. The van der Waals surface area contributed by atoms with Gasteiger partial charge in [0.15, 0.2) is 5.11 Å². The molecule has 1 aliphatic heterocycles. The highest BCUT2D eigenvalue weighted by Gasteiger charge is 2.29. The molecule has 43 heavy (non-hydrogen) atoms. The van der Waals surface area contributed by atoms with Crippen LogP contribution in [0.3, 0.4) is 0 Å². The molecule has 0 radical (unpaired) electrons. The first-order valence-corrected chi connectivity index (χ1v) is 14.4. The minimum Gasteiger partial charge on any atom is -0.465 e. The van der Waals surface area contributed by atoms with Gasteiger partial charge in [0.1, 0.15) is 0 Å². The van der Waals surface area contributed by atoms with Crippen molar-refractivity contribution < 1.29 is 19.1 Å². The lowest BCUT2D eigenvalue weighted by Gasteiger charge is -2.40. The van der Waals surface area contributed by atoms with E-state index in [2.05, 4.69) is 64.1 Å². The number of esters is 1. The molecule has 0 atom stereocenters. The Morgan fingerprint density at radius 2 is 1.26 bits per heavy atom. The highest BCUT2D eigenvalue weighted by Crippen LogP contribution is 2.30. The smallest absolute Gasteiger partial charge is 0.337 e. The fraction of sp³-hybridized carbons (Fsp3) is 0.176. The number of ether oxygens (including phenoxy) is 1. The maximum Gasteiger partial charge on any atom is 0.337 e. The fourth-order valence-corrected chi connectivity index (χ4v) is 5.42. The van der Waals surface area contributed by atoms with E-state index in [1.54, 1.807) is 24.3 Å². The van der Waals surface area contributed by atoms with Crippen LogP contribution in [-0.2, 0) is 4.74 Å². The summed E-state index contributed by atoms with van der Waals surface area (Å²) in [5.74, 6) is -1.04. The Morgan fingerprint density at radius 3 is 1.84 bits per heavy atom. The molecule has 9 heteroatoms. The lowest BCUT2D eigenvalue weighted by molar-refractivity contribution is 0.0592. The number of rotatable bonds is 7. The maximum atomic E-state index is 13.7. The predicted octanol–water partition coefficient (Wildman–Crippen LogP) is 5.15. The van der Waals surface area contributed by atoms with Gasteiger partial charge in [-0.05, 0) is 59.7 Å². The summed E-state index contributed by atoms with van der Waals surface area (Å²) in [5, 5.41) is 5.70. The highest BCUT2D eigenvalue weighted by atomic mass is 32.1. The standard InChI is InChI=1S/C34H32N4O4S/c1-42-33(41)27-18-16-26(17-19-27)31(39)36-34(43)35-29-15-9-8-14-28(29)32(40)38-22-20-37(21-23-38)30(24-10-4-2-5-11-24)25-12-6-3-7-13-25/h2-19,30H,20-23H2,1H3,(H2,35,36,39,43). The van der Waals surface area contributed by atoms with Crippen LogP contribution in [0.5, 0.6) is 0 Å². The van der Waals surface area contributed by atoms with E-state index >= 15 is 0 Å². The van der Waals surface area contributed by atoms with Crippen molar-refractivity contribution in [3.8, 4) is 0 Å². The number of carbonyl (C=O) groups excluding carboxylic acids is 3. The molecular formula is C34H32N4O4S. The molecule has 2 amide bonds. The molecule has 5 rings (SSSR count). The van der Waals surface area contributed by atoms with E-state index in [9.17, 15) is 14.4 Å². The van der Waals surface area contributed by atoms with Crippen LogP contribution in [0.4, 0.5) is 5.69 Å². The summed E-state index contributed by atoms with van der Waals surface area (Å²) in [6, 6.07) is 34.1. The summed E-state index contributed by atoms with van der Waals surface area (Å²) >= 11 is 5.39. The molecule has 218 valence electrons. The summed E-state index contributed by atoms with van der Waals surface area (Å²) in [5.41, 5.74) is 4.08. The number of nitrogens with zero attached hydrogens (tertiary/aromatic N) is 2. The van der Waals surface area contributed by atoms with E-state index in [0.717, 1.165) is 13.1 Å². The highest BCUT2D eigenvalue weighted by molar-refractivity contribution is 7.80. The van der Waals surface area contributed by atoms with Crippen LogP contribution >= 0.6 is 12.2 Å². The summed E-state index contributed by atoms with van der Waals surface area (Å²) < 4.78 is 4.69. The Labute approximate surface area is 256 Å². The first-order valence-electron chi connectivity index (χ1n) is 14.0. The number of thiocarbonyl (C=S) groups is 1. The monoisotopic (exact) mass is 592 g/mol. The summed E-state index contributed by atoms with van der Waals surface area (Å²) in [6.45, 7) is 2.59. The molecular weight excluding hydrogens is 560 g/mol. The van der Waals surface area contributed by atoms with Crippen LogP contribution in [0, 0.1) is 0 Å². The molecule has 0 bridgehead atoms. The molecule has 2 N–H and O–H groups in total. The Morgan fingerprint density at radius 1 is 0.721 bits per heavy atom. The van der Waals surface area contributed by atoms with Crippen LogP contribution in [0.15, 0.2) is 109 Å². The number of methoxy groups -OCH3 is 1. The molecule has 1 heterocycles. The lowest BCUT2D eigenvalue weighted by Crippen LogP contribution is -2.50. The van der Waals surface area contributed by atoms with E-state index in [-0.39, 0.29) is 17.1 Å². The van der Waals surface area contributed by atoms with Crippen LogP contribution in [0.25, 0.3) is 0 Å². The lowest BCUT2D eigenvalue weighted by atomic mass is 9.96. The molecule has 4 aromatic carbocycles. The van der Waals surface area contributed by atoms with Gasteiger partial charge >= 0.3 is 5.97 Å². The first kappa shape index (κ1) is 29.6. The minimum absolute atomic E-state index is 0.0562. The summed E-state index contributed by atoms with van der Waals surface area (Å²) in [4.78, 5) is 42.3. The molecule has 0 aliphatic carbocycles. The molecule has 1 fully saturated rings. The van der Waals surface area contributed by atoms with E-state index < -0.39 is 11.9 Å². The molecule has 0 saturated carbocycles. The van der Waals surface area contributed by atoms with Crippen LogP contribution in [-0.4, -0.2) is 66.0 Å². The van der Waals surface area contributed by atoms with Crippen LogP contribution in [0.1, 0.15) is 48.2 Å². The fourth-order valence-electron chi connectivity index (χ4n) is 5.22. The van der Waals surface area contributed by atoms with Gasteiger partial charge in [0.05, 0.1) is 30.0 Å². The van der Waals surface area contributed by atoms with Crippen molar-refractivity contribution in [2.75, 3.05) is 38.6 Å². The molecule has 1 saturated heterocycles. The van der Waals surface area contributed by atoms with Crippen molar-refractivity contribution >= 4 is 40.8 Å². The number of piperazine rings is 1. The van der Waals surface area contributed by atoms with Gasteiger partial charge in [-0.2, -0.15) is 0 Å². The normalized spacial score (nSPS) is 13.3. The van der Waals surface area contributed by atoms with Crippen LogP contribution < -0.4 is 10.6 Å². The van der Waals surface area contributed by atoms with Gasteiger partial charge in [0.2, 0.25) is 0 Å². The molecule has 1 aliphatic rings. The number of para-hydroxylation sites is 1. The van der Waals surface area contributed by atoms with Crippen molar-refractivity contribution in [2.45, 2.75) is 6.04 Å². The Hall–Kier alpha value is -4.86. The Bertz CT molecular complexity index is 1550. The SMILES string of the molecule is COC(=O)c1ccc(C(=O)NC(=S)Nc2ccccc2C(=O)N2CCN(C(c3ccccc3)c3ccccc3)CC2)cc1. The topological polar surface area (TPSA) is 91.0 Å².